The summed E-state index contributed by atoms with van der Waals surface area (Å²) in [5.74, 6) is -1.90. The Bertz CT molecular complexity index is 2230. The third-order valence-electron chi connectivity index (χ3n) is 8.88. The molecule has 4 rings (SSSR count). The van der Waals surface area contributed by atoms with Gasteiger partial charge in [0.25, 0.3) is 5.91 Å². The van der Waals surface area contributed by atoms with Gasteiger partial charge >= 0.3 is 5.97 Å². The maximum atomic E-state index is 13.5. The van der Waals surface area contributed by atoms with Crippen LogP contribution in [0.2, 0.25) is 0 Å². The normalized spacial score (nSPS) is 12.5. The molecule has 0 fully saturated rings. The number of carbonyl (C=O) groups excluding carboxylic acids is 3. The Morgan fingerprint density at radius 2 is 1.70 bits per heavy atom. The van der Waals surface area contributed by atoms with E-state index in [-0.39, 0.29) is 64.9 Å². The molecule has 56 heavy (non-hydrogen) atoms. The Labute approximate surface area is 324 Å². The van der Waals surface area contributed by atoms with Gasteiger partial charge in [0.05, 0.1) is 23.1 Å². The molecule has 2 heterocycles. The van der Waals surface area contributed by atoms with Gasteiger partial charge in [0.2, 0.25) is 33.2 Å². The van der Waals surface area contributed by atoms with E-state index >= 15 is 0 Å². The molecule has 4 aromatic rings. The summed E-state index contributed by atoms with van der Waals surface area (Å²) in [6.45, 7) is 5.30. The molecule has 19 heteroatoms. The van der Waals surface area contributed by atoms with E-state index in [0.29, 0.717) is 36.6 Å². The van der Waals surface area contributed by atoms with Crippen molar-refractivity contribution in [3.05, 3.63) is 81.4 Å². The first kappa shape index (κ1) is 42.9. The number of pyridine rings is 1. The van der Waals surface area contributed by atoms with Crippen molar-refractivity contribution in [2.75, 3.05) is 31.6 Å². The largest absolute Gasteiger partial charge is 0.494 e. The van der Waals surface area contributed by atoms with Gasteiger partial charge in [0.1, 0.15) is 17.4 Å². The number of hydrogen-bond donors (Lipinski definition) is 7. The Morgan fingerprint density at radius 3 is 2.34 bits per heavy atom. The fourth-order valence-corrected chi connectivity index (χ4v) is 7.51. The summed E-state index contributed by atoms with van der Waals surface area (Å²) in [6.07, 6.45) is 5.85. The monoisotopic (exact) mass is 795 g/mol. The van der Waals surface area contributed by atoms with Gasteiger partial charge in [-0.25, -0.2) is 13.4 Å². The van der Waals surface area contributed by atoms with E-state index in [4.69, 9.17) is 10.5 Å². The average Bonchev–Trinajstić information content (AvgIpc) is 3.57. The van der Waals surface area contributed by atoms with Crippen LogP contribution in [0.15, 0.2) is 58.6 Å². The maximum absolute atomic E-state index is 13.5. The van der Waals surface area contributed by atoms with Crippen molar-refractivity contribution < 1.29 is 37.4 Å². The summed E-state index contributed by atoms with van der Waals surface area (Å²) in [7, 11) is -0.902. The molecule has 0 aliphatic heterocycles. The van der Waals surface area contributed by atoms with Crippen LogP contribution >= 0.6 is 0 Å². The molecule has 0 aliphatic rings. The van der Waals surface area contributed by atoms with Crippen LogP contribution in [0.1, 0.15) is 53.2 Å². The van der Waals surface area contributed by atoms with E-state index in [2.05, 4.69) is 31.0 Å². The topological polar surface area (TPSA) is 258 Å². The van der Waals surface area contributed by atoms with Crippen molar-refractivity contribution in [3.63, 3.8) is 0 Å². The number of carbonyl (C=O) groups is 4. The van der Waals surface area contributed by atoms with E-state index in [1.807, 2.05) is 17.7 Å². The van der Waals surface area contributed by atoms with Gasteiger partial charge in [-0.1, -0.05) is 13.0 Å². The van der Waals surface area contributed by atoms with Crippen LogP contribution in [0.4, 0.5) is 5.95 Å². The lowest BCUT2D eigenvalue weighted by molar-refractivity contribution is -0.138. The highest BCUT2D eigenvalue weighted by Gasteiger charge is 2.29. The number of benzene rings is 2. The van der Waals surface area contributed by atoms with Crippen LogP contribution in [-0.4, -0.2) is 89.7 Å². The highest BCUT2D eigenvalue weighted by Crippen LogP contribution is 2.26. The number of hydrogen-bond acceptors (Lipinski definition) is 11. The summed E-state index contributed by atoms with van der Waals surface area (Å²) in [6, 6.07) is 5.78. The minimum atomic E-state index is -4.42. The minimum Gasteiger partial charge on any atom is -0.494 e. The van der Waals surface area contributed by atoms with Gasteiger partial charge in [-0.15, -0.1) is 0 Å². The number of aryl methyl sites for hydroxylation is 4. The molecular weight excluding hydrogens is 747 g/mol. The van der Waals surface area contributed by atoms with Crippen molar-refractivity contribution in [1.29, 1.82) is 0 Å². The zero-order valence-corrected chi connectivity index (χ0v) is 32.8. The van der Waals surface area contributed by atoms with E-state index in [1.54, 1.807) is 43.1 Å². The molecular formula is C37H49N9O9S. The summed E-state index contributed by atoms with van der Waals surface area (Å²) in [4.78, 5) is 66.6. The van der Waals surface area contributed by atoms with Crippen LogP contribution in [0.3, 0.4) is 0 Å². The molecule has 302 valence electrons. The number of nitrogens with two attached hydrogens (primary N) is 1. The number of nitrogens with one attached hydrogen (secondary N) is 5. The zero-order valence-electron chi connectivity index (χ0n) is 32.0. The molecule has 0 bridgehead atoms. The first-order chi connectivity index (χ1) is 26.5. The minimum absolute atomic E-state index is 0.158. The number of aliphatic carboxylic acids is 1. The number of carboxylic acids is 1. The molecule has 8 N–H and O–H groups in total. The van der Waals surface area contributed by atoms with Gasteiger partial charge < -0.3 is 46.0 Å². The summed E-state index contributed by atoms with van der Waals surface area (Å²) in [5, 5.41) is 21.1. The van der Waals surface area contributed by atoms with Gasteiger partial charge in [0.15, 0.2) is 0 Å². The van der Waals surface area contributed by atoms with Crippen LogP contribution in [-0.2, 0) is 45.0 Å². The smallest absolute Gasteiger partial charge is 0.323 e. The number of rotatable bonds is 20. The molecule has 2 atom stereocenters. The fraction of sp³-hybridized carbons (Fsp3) is 0.405. The van der Waals surface area contributed by atoms with Crippen LogP contribution in [0, 0.1) is 13.8 Å². The maximum Gasteiger partial charge on any atom is 0.323 e. The molecule has 2 aromatic carbocycles. The van der Waals surface area contributed by atoms with Crippen molar-refractivity contribution in [2.45, 2.75) is 63.6 Å². The number of carboxylic acid groups (broad SMARTS) is 1. The van der Waals surface area contributed by atoms with E-state index in [0.717, 1.165) is 5.56 Å². The third-order valence-corrected chi connectivity index (χ3v) is 10.7. The second-order valence-corrected chi connectivity index (χ2v) is 14.9. The number of anilines is 1. The number of nitrogens with zero attached hydrogens (tertiary/aromatic N) is 3. The lowest BCUT2D eigenvalue weighted by Gasteiger charge is -2.19. The first-order valence-electron chi connectivity index (χ1n) is 17.9. The predicted octanol–water partition coefficient (Wildman–Crippen LogP) is 0.791. The summed E-state index contributed by atoms with van der Waals surface area (Å²) < 4.78 is 38.3. The van der Waals surface area contributed by atoms with Gasteiger partial charge in [-0.3, -0.25) is 24.0 Å². The molecule has 0 saturated carbocycles. The van der Waals surface area contributed by atoms with Crippen LogP contribution < -0.4 is 41.9 Å². The Morgan fingerprint density at radius 1 is 1.00 bits per heavy atom. The first-order valence-corrected chi connectivity index (χ1v) is 19.4. The van der Waals surface area contributed by atoms with Crippen molar-refractivity contribution >= 4 is 50.6 Å². The van der Waals surface area contributed by atoms with Crippen LogP contribution in [0.25, 0.3) is 10.9 Å². The highest BCUT2D eigenvalue weighted by molar-refractivity contribution is 7.89. The molecule has 0 radical (unpaired) electrons. The summed E-state index contributed by atoms with van der Waals surface area (Å²) in [5.41, 5.74) is 6.82. The molecule has 18 nitrogen and oxygen atoms in total. The Kier molecular flexibility index (Phi) is 14.7. The van der Waals surface area contributed by atoms with Gasteiger partial charge in [0, 0.05) is 70.7 Å². The Hall–Kier alpha value is -5.79. The van der Waals surface area contributed by atoms with E-state index in [9.17, 15) is 37.5 Å². The van der Waals surface area contributed by atoms with Gasteiger partial charge in [-0.05, 0) is 67.6 Å². The molecule has 2 aromatic heterocycles. The Balaban J connectivity index is 1.33. The lowest BCUT2D eigenvalue weighted by atomic mass is 10.1. The number of fused-ring (bicyclic) bond motifs is 1. The number of imidazole rings is 1. The number of sulfonamides is 1. The number of ether oxygens (including phenoxy) is 1. The predicted molar refractivity (Wildman–Crippen MR) is 209 cm³/mol. The number of aromatic nitrogens is 3. The SMILES string of the molecule is CC[C@H](N)C(=O)NCCNC(=O)CCCOc1cc(C)c(S(=O)(=O)N[C@@H](CNC(=O)c2cn(C)c3cc(CNc4nccn4C)ccc3c2=O)C(=O)O)c(C)c1. The van der Waals surface area contributed by atoms with Gasteiger partial charge in [-0.2, -0.15) is 4.72 Å². The number of amides is 3. The standard InChI is InChI=1S/C37H49N9O9S/c1-6-28(38)35(50)40-12-11-39-31(47)8-7-15-55-25-16-22(2)33(23(3)17-25)56(53,54)44-29(36(51)52)20-42-34(49)27-21-46(5)30-18-24(9-10-26(30)32(27)48)19-43-37-41-13-14-45(37)4/h9-10,13-14,16-18,21,28-29,44H,6-8,11-12,15,19-20,38H2,1-5H3,(H,39,47)(H,40,50)(H,41,43)(H,42,49)(H,51,52)/t28-,29-/m0/s1. The second kappa shape index (κ2) is 19.2. The molecule has 0 aliphatic carbocycles. The quantitative estimate of drug-likeness (QED) is 0.0613. The van der Waals surface area contributed by atoms with Crippen LogP contribution in [0.5, 0.6) is 5.75 Å². The van der Waals surface area contributed by atoms with Crippen molar-refractivity contribution in [2.24, 2.45) is 19.8 Å². The average molecular weight is 796 g/mol. The molecule has 0 saturated heterocycles. The van der Waals surface area contributed by atoms with Crippen molar-refractivity contribution in [1.82, 2.24) is 34.8 Å². The van der Waals surface area contributed by atoms with E-state index in [1.165, 1.54) is 32.2 Å². The molecule has 0 unspecified atom stereocenters. The molecule has 0 spiro atoms. The zero-order chi connectivity index (χ0) is 41.2. The highest BCUT2D eigenvalue weighted by atomic mass is 32.2. The lowest BCUT2D eigenvalue weighted by Crippen LogP contribution is -2.49. The third kappa shape index (κ3) is 11.1. The molecule has 3 amide bonds. The van der Waals surface area contributed by atoms with Crippen molar-refractivity contribution in [3.8, 4) is 5.75 Å². The second-order valence-electron chi connectivity index (χ2n) is 13.3. The van der Waals surface area contributed by atoms with E-state index < -0.39 is 46.0 Å². The fourth-order valence-electron chi connectivity index (χ4n) is 5.87. The summed E-state index contributed by atoms with van der Waals surface area (Å²) >= 11 is 0.